The zero-order valence-corrected chi connectivity index (χ0v) is 16.6. The average Bonchev–Trinajstić information content (AvgIpc) is 2.91. The summed E-state index contributed by atoms with van der Waals surface area (Å²) in [7, 11) is 1.93. The zero-order valence-electron chi connectivity index (χ0n) is 14.3. The first kappa shape index (κ1) is 18.3. The topological polar surface area (TPSA) is 30.9 Å². The van der Waals surface area contributed by atoms with Crippen LogP contribution in [0.1, 0.15) is 45.4 Å². The fourth-order valence-electron chi connectivity index (χ4n) is 4.14. The van der Waals surface area contributed by atoms with Gasteiger partial charge < -0.3 is 15.1 Å². The fourth-order valence-corrected chi connectivity index (χ4v) is 4.14. The molecule has 0 aromatic carbocycles. The number of rotatable bonds is 3. The molecule has 4 nitrogen and oxygen atoms in total. The lowest BCUT2D eigenvalue weighted by Crippen LogP contribution is -2.45. The molecule has 2 heterocycles. The van der Waals surface area contributed by atoms with E-state index in [9.17, 15) is 0 Å². The van der Waals surface area contributed by atoms with Gasteiger partial charge in [0.25, 0.3) is 0 Å². The van der Waals surface area contributed by atoms with Crippen molar-refractivity contribution in [2.24, 2.45) is 16.3 Å². The van der Waals surface area contributed by atoms with Crippen LogP contribution in [0.5, 0.6) is 0 Å². The maximum Gasteiger partial charge on any atom is 0.193 e. The minimum absolute atomic E-state index is 0. The molecule has 0 bridgehead atoms. The third-order valence-corrected chi connectivity index (χ3v) is 5.95. The second-order valence-corrected chi connectivity index (χ2v) is 7.52. The quantitative estimate of drug-likeness (QED) is 0.433. The van der Waals surface area contributed by atoms with Crippen LogP contribution in [0.4, 0.5) is 0 Å². The van der Waals surface area contributed by atoms with E-state index in [0.29, 0.717) is 5.41 Å². The minimum Gasteiger partial charge on any atom is -0.355 e. The van der Waals surface area contributed by atoms with Crippen molar-refractivity contribution < 1.29 is 0 Å². The molecule has 1 saturated carbocycles. The molecule has 0 unspecified atom stereocenters. The summed E-state index contributed by atoms with van der Waals surface area (Å²) in [6.45, 7) is 9.54. The van der Waals surface area contributed by atoms with E-state index >= 15 is 0 Å². The van der Waals surface area contributed by atoms with Crippen LogP contribution in [0.15, 0.2) is 4.99 Å². The molecule has 3 aliphatic rings. The third kappa shape index (κ3) is 4.28. The van der Waals surface area contributed by atoms with E-state index in [1.54, 1.807) is 0 Å². The van der Waals surface area contributed by atoms with Crippen LogP contribution >= 0.6 is 24.0 Å². The molecule has 0 aromatic heterocycles. The lowest BCUT2D eigenvalue weighted by atomic mass is 9.68. The number of hydrogen-bond donors (Lipinski definition) is 1. The van der Waals surface area contributed by atoms with E-state index in [-0.39, 0.29) is 24.0 Å². The predicted octanol–water partition coefficient (Wildman–Crippen LogP) is 2.79. The van der Waals surface area contributed by atoms with Gasteiger partial charge in [-0.25, -0.2) is 0 Å². The summed E-state index contributed by atoms with van der Waals surface area (Å²) in [6.07, 6.45) is 8.41. The van der Waals surface area contributed by atoms with Crippen molar-refractivity contribution in [2.45, 2.75) is 45.4 Å². The molecule has 0 radical (unpaired) electrons. The van der Waals surface area contributed by atoms with E-state index in [4.69, 9.17) is 0 Å². The summed E-state index contributed by atoms with van der Waals surface area (Å²) in [5.41, 5.74) is 0.653. The zero-order chi connectivity index (χ0) is 14.7. The lowest BCUT2D eigenvalue weighted by molar-refractivity contribution is 0.151. The molecular weight excluding hydrogens is 387 g/mol. The Labute approximate surface area is 153 Å². The summed E-state index contributed by atoms with van der Waals surface area (Å²) in [5, 5.41) is 3.59. The Hall–Kier alpha value is -0.0400. The van der Waals surface area contributed by atoms with Crippen molar-refractivity contribution in [2.75, 3.05) is 46.3 Å². The van der Waals surface area contributed by atoms with Crippen molar-refractivity contribution in [3.8, 4) is 0 Å². The van der Waals surface area contributed by atoms with Gasteiger partial charge in [-0.2, -0.15) is 0 Å². The number of piperidine rings is 1. The van der Waals surface area contributed by atoms with Gasteiger partial charge in [0.2, 0.25) is 0 Å². The van der Waals surface area contributed by atoms with Crippen LogP contribution in [0.3, 0.4) is 0 Å². The van der Waals surface area contributed by atoms with Crippen LogP contribution in [0.2, 0.25) is 0 Å². The van der Waals surface area contributed by atoms with Gasteiger partial charge in [0, 0.05) is 33.2 Å². The number of hydrogen-bond acceptors (Lipinski definition) is 2. The Kier molecular flexibility index (Phi) is 6.80. The highest BCUT2D eigenvalue weighted by atomic mass is 127. The van der Waals surface area contributed by atoms with E-state index in [1.165, 1.54) is 64.7 Å². The standard InChI is InChI=1S/C17H32N4.HI/c1-15-4-10-20(11-5-15)13-9-19-16(18-2)21-12-8-17(14-21)6-3-7-17;/h15H,3-14H2,1-2H3,(H,18,19);1H. The molecule has 2 aliphatic heterocycles. The number of halogens is 1. The van der Waals surface area contributed by atoms with E-state index < -0.39 is 0 Å². The molecular formula is C17H33IN4. The van der Waals surface area contributed by atoms with Crippen LogP contribution in [0.25, 0.3) is 0 Å². The van der Waals surface area contributed by atoms with Crippen LogP contribution in [0, 0.1) is 11.3 Å². The molecule has 2 saturated heterocycles. The second-order valence-electron chi connectivity index (χ2n) is 7.52. The fraction of sp³-hybridized carbons (Fsp3) is 0.941. The summed E-state index contributed by atoms with van der Waals surface area (Å²) < 4.78 is 0. The smallest absolute Gasteiger partial charge is 0.193 e. The molecule has 1 spiro atoms. The van der Waals surface area contributed by atoms with Crippen molar-refractivity contribution in [1.82, 2.24) is 15.1 Å². The van der Waals surface area contributed by atoms with Gasteiger partial charge in [-0.3, -0.25) is 4.99 Å². The predicted molar refractivity (Wildman–Crippen MR) is 104 cm³/mol. The Morgan fingerprint density at radius 3 is 2.45 bits per heavy atom. The number of aliphatic imine (C=N–C) groups is 1. The van der Waals surface area contributed by atoms with Crippen molar-refractivity contribution >= 4 is 29.9 Å². The van der Waals surface area contributed by atoms with E-state index in [2.05, 4.69) is 27.0 Å². The van der Waals surface area contributed by atoms with Gasteiger partial charge in [0.15, 0.2) is 5.96 Å². The minimum atomic E-state index is 0. The van der Waals surface area contributed by atoms with Gasteiger partial charge in [0.05, 0.1) is 0 Å². The number of nitrogens with zero attached hydrogens (tertiary/aromatic N) is 3. The maximum absolute atomic E-state index is 4.50. The van der Waals surface area contributed by atoms with Crippen molar-refractivity contribution in [1.29, 1.82) is 0 Å². The molecule has 1 N–H and O–H groups in total. The molecule has 1 aliphatic carbocycles. The molecule has 3 fully saturated rings. The average molecular weight is 420 g/mol. The number of guanidine groups is 1. The SMILES string of the molecule is CN=C(NCCN1CCC(C)CC1)N1CCC2(CCC2)C1.I. The molecule has 5 heteroatoms. The molecule has 0 atom stereocenters. The van der Waals surface area contributed by atoms with Crippen LogP contribution in [-0.2, 0) is 0 Å². The summed E-state index contributed by atoms with van der Waals surface area (Å²) >= 11 is 0. The molecule has 0 amide bonds. The molecule has 0 aromatic rings. The first-order valence-corrected chi connectivity index (χ1v) is 8.89. The monoisotopic (exact) mass is 420 g/mol. The molecule has 128 valence electrons. The first-order chi connectivity index (χ1) is 10.2. The van der Waals surface area contributed by atoms with Crippen molar-refractivity contribution in [3.05, 3.63) is 0 Å². The van der Waals surface area contributed by atoms with E-state index in [1.807, 2.05) is 7.05 Å². The molecule has 3 rings (SSSR count). The lowest BCUT2D eigenvalue weighted by Gasteiger charge is -2.38. The Morgan fingerprint density at radius 1 is 1.18 bits per heavy atom. The van der Waals surface area contributed by atoms with Gasteiger partial charge in [-0.15, -0.1) is 24.0 Å². The summed E-state index contributed by atoms with van der Waals surface area (Å²) in [5.74, 6) is 2.05. The third-order valence-electron chi connectivity index (χ3n) is 5.95. The van der Waals surface area contributed by atoms with Crippen LogP contribution in [-0.4, -0.2) is 62.1 Å². The maximum atomic E-state index is 4.50. The number of nitrogens with one attached hydrogen (secondary N) is 1. The number of likely N-dealkylation sites (tertiary alicyclic amines) is 2. The van der Waals surface area contributed by atoms with Gasteiger partial charge in [-0.05, 0) is 56.5 Å². The Balaban J connectivity index is 0.00000176. The van der Waals surface area contributed by atoms with Crippen LogP contribution < -0.4 is 5.32 Å². The highest BCUT2D eigenvalue weighted by Gasteiger charge is 2.43. The Bertz CT molecular complexity index is 373. The van der Waals surface area contributed by atoms with Gasteiger partial charge in [-0.1, -0.05) is 13.3 Å². The van der Waals surface area contributed by atoms with Gasteiger partial charge >= 0.3 is 0 Å². The molecule has 22 heavy (non-hydrogen) atoms. The highest BCUT2D eigenvalue weighted by Crippen LogP contribution is 2.47. The summed E-state index contributed by atoms with van der Waals surface area (Å²) in [4.78, 5) is 9.58. The van der Waals surface area contributed by atoms with Crippen molar-refractivity contribution in [3.63, 3.8) is 0 Å². The first-order valence-electron chi connectivity index (χ1n) is 8.89. The summed E-state index contributed by atoms with van der Waals surface area (Å²) in [6, 6.07) is 0. The normalized spacial score (nSPS) is 25.9. The Morgan fingerprint density at radius 2 is 1.91 bits per heavy atom. The highest BCUT2D eigenvalue weighted by molar-refractivity contribution is 14.0. The van der Waals surface area contributed by atoms with E-state index in [0.717, 1.165) is 25.0 Å². The largest absolute Gasteiger partial charge is 0.355 e. The second kappa shape index (κ2) is 8.18. The van der Waals surface area contributed by atoms with Gasteiger partial charge in [0.1, 0.15) is 0 Å².